The van der Waals surface area contributed by atoms with Gasteiger partial charge < -0.3 is 5.32 Å². The van der Waals surface area contributed by atoms with Crippen LogP contribution in [0.4, 0.5) is 10.5 Å². The molecule has 2 rings (SSSR count). The third-order valence-electron chi connectivity index (χ3n) is 2.98. The van der Waals surface area contributed by atoms with E-state index in [1.807, 2.05) is 4.72 Å². The quantitative estimate of drug-likeness (QED) is 0.727. The molecular weight excluding hydrogens is 340 g/mol. The average Bonchev–Trinajstić information content (AvgIpc) is 2.47. The van der Waals surface area contributed by atoms with Crippen LogP contribution in [0.1, 0.15) is 6.92 Å². The van der Waals surface area contributed by atoms with Crippen LogP contribution in [0.5, 0.6) is 0 Å². The van der Waals surface area contributed by atoms with Gasteiger partial charge in [0.25, 0.3) is 10.0 Å². The highest BCUT2D eigenvalue weighted by Crippen LogP contribution is 2.14. The zero-order valence-electron chi connectivity index (χ0n) is 12.5. The summed E-state index contributed by atoms with van der Waals surface area (Å²) in [5, 5.41) is 4.22. The van der Waals surface area contributed by atoms with Crippen LogP contribution in [0.25, 0.3) is 0 Å². The predicted octanol–water partition coefficient (Wildman–Crippen LogP) is 0.597. The summed E-state index contributed by atoms with van der Waals surface area (Å²) in [7, 11) is -3.96. The Labute approximate surface area is 139 Å². The SMILES string of the molecule is CC(=O)Nc1ccc(S(=O)(=O)NC(=O)NN2CCSCC2)cc1. The molecule has 1 aliphatic rings. The Bertz CT molecular complexity index is 670. The third kappa shape index (κ3) is 5.41. The minimum atomic E-state index is -3.96. The lowest BCUT2D eigenvalue weighted by molar-refractivity contribution is -0.114. The number of anilines is 1. The lowest BCUT2D eigenvalue weighted by atomic mass is 10.3. The van der Waals surface area contributed by atoms with Gasteiger partial charge in [0, 0.05) is 37.2 Å². The number of rotatable bonds is 4. The maximum atomic E-state index is 12.1. The maximum absolute atomic E-state index is 12.1. The van der Waals surface area contributed by atoms with Gasteiger partial charge in [-0.25, -0.2) is 22.9 Å². The van der Waals surface area contributed by atoms with Crippen molar-refractivity contribution in [3.05, 3.63) is 24.3 Å². The van der Waals surface area contributed by atoms with Gasteiger partial charge in [0.05, 0.1) is 4.90 Å². The fourth-order valence-electron chi connectivity index (χ4n) is 1.94. The number of hydrogen-bond acceptors (Lipinski definition) is 6. The second kappa shape index (κ2) is 7.66. The summed E-state index contributed by atoms with van der Waals surface area (Å²) in [6, 6.07) is 4.75. The molecule has 10 heteroatoms. The molecule has 0 bridgehead atoms. The van der Waals surface area contributed by atoms with Gasteiger partial charge in [-0.2, -0.15) is 11.8 Å². The number of benzene rings is 1. The van der Waals surface area contributed by atoms with E-state index in [4.69, 9.17) is 0 Å². The van der Waals surface area contributed by atoms with E-state index in [2.05, 4.69) is 10.7 Å². The van der Waals surface area contributed by atoms with Crippen molar-refractivity contribution < 1.29 is 18.0 Å². The molecule has 3 N–H and O–H groups in total. The molecule has 8 nitrogen and oxygen atoms in total. The summed E-state index contributed by atoms with van der Waals surface area (Å²) in [5.74, 6) is 1.52. The van der Waals surface area contributed by atoms with E-state index >= 15 is 0 Å². The predicted molar refractivity (Wildman–Crippen MR) is 88.5 cm³/mol. The van der Waals surface area contributed by atoms with Crippen LogP contribution in [0, 0.1) is 0 Å². The number of hydrazine groups is 1. The van der Waals surface area contributed by atoms with Crippen molar-refractivity contribution in [2.24, 2.45) is 0 Å². The van der Waals surface area contributed by atoms with Crippen LogP contribution in [0.15, 0.2) is 29.2 Å². The first-order valence-electron chi connectivity index (χ1n) is 6.90. The number of carbonyl (C=O) groups is 2. The van der Waals surface area contributed by atoms with Crippen molar-refractivity contribution in [1.29, 1.82) is 0 Å². The zero-order chi connectivity index (χ0) is 16.9. The highest BCUT2D eigenvalue weighted by Gasteiger charge is 2.20. The number of nitrogens with zero attached hydrogens (tertiary/aromatic N) is 1. The molecule has 0 radical (unpaired) electrons. The van der Waals surface area contributed by atoms with Crippen LogP contribution in [0.2, 0.25) is 0 Å². The first-order valence-corrected chi connectivity index (χ1v) is 9.54. The molecule has 0 aromatic heterocycles. The molecule has 0 unspecified atom stereocenters. The van der Waals surface area contributed by atoms with E-state index in [9.17, 15) is 18.0 Å². The van der Waals surface area contributed by atoms with Crippen LogP contribution in [-0.4, -0.2) is 50.0 Å². The molecular formula is C13H18N4O4S2. The van der Waals surface area contributed by atoms with E-state index < -0.39 is 16.1 Å². The number of hydrogen-bond donors (Lipinski definition) is 3. The lowest BCUT2D eigenvalue weighted by Crippen LogP contribution is -2.51. The topological polar surface area (TPSA) is 108 Å². The number of urea groups is 1. The van der Waals surface area contributed by atoms with Gasteiger partial charge in [0.2, 0.25) is 5.91 Å². The molecule has 1 aliphatic heterocycles. The second-order valence-electron chi connectivity index (χ2n) is 4.85. The largest absolute Gasteiger partial charge is 0.343 e. The van der Waals surface area contributed by atoms with Crippen molar-refractivity contribution >= 4 is 39.4 Å². The summed E-state index contributed by atoms with van der Waals surface area (Å²) in [6.45, 7) is 2.70. The first-order chi connectivity index (χ1) is 10.9. The molecule has 1 heterocycles. The molecule has 0 spiro atoms. The summed E-state index contributed by atoms with van der Waals surface area (Å²) in [4.78, 5) is 22.7. The standard InChI is InChI=1S/C13H18N4O4S2/c1-10(18)14-11-2-4-12(5-3-11)23(20,21)16-13(19)15-17-6-8-22-9-7-17/h2-5H,6-9H2,1H3,(H,14,18)(H2,15,16,19). The Balaban J connectivity index is 1.97. The Kier molecular flexibility index (Phi) is 5.85. The summed E-state index contributed by atoms with van der Waals surface area (Å²) in [6.07, 6.45) is 0. The summed E-state index contributed by atoms with van der Waals surface area (Å²) >= 11 is 1.78. The molecule has 1 aromatic carbocycles. The number of thioether (sulfide) groups is 1. The fourth-order valence-corrected chi connectivity index (χ4v) is 3.75. The van der Waals surface area contributed by atoms with E-state index in [-0.39, 0.29) is 10.8 Å². The number of nitrogens with one attached hydrogen (secondary N) is 3. The number of amides is 3. The average molecular weight is 358 g/mol. The molecule has 126 valence electrons. The third-order valence-corrected chi connectivity index (χ3v) is 5.27. The Hall–Kier alpha value is -1.78. The molecule has 1 aromatic rings. The van der Waals surface area contributed by atoms with Gasteiger partial charge >= 0.3 is 6.03 Å². The fraction of sp³-hybridized carbons (Fsp3) is 0.385. The summed E-state index contributed by atoms with van der Waals surface area (Å²) in [5.41, 5.74) is 2.99. The maximum Gasteiger partial charge on any atom is 0.343 e. The van der Waals surface area contributed by atoms with Crippen molar-refractivity contribution in [3.8, 4) is 0 Å². The monoisotopic (exact) mass is 358 g/mol. The zero-order valence-corrected chi connectivity index (χ0v) is 14.2. The highest BCUT2D eigenvalue weighted by molar-refractivity contribution is 7.99. The minimum Gasteiger partial charge on any atom is -0.326 e. The Morgan fingerprint density at radius 1 is 1.13 bits per heavy atom. The van der Waals surface area contributed by atoms with Crippen molar-refractivity contribution in [2.45, 2.75) is 11.8 Å². The highest BCUT2D eigenvalue weighted by atomic mass is 32.2. The van der Waals surface area contributed by atoms with Crippen molar-refractivity contribution in [1.82, 2.24) is 15.2 Å². The van der Waals surface area contributed by atoms with Gasteiger partial charge in [0.15, 0.2) is 0 Å². The van der Waals surface area contributed by atoms with Gasteiger partial charge in [-0.3, -0.25) is 10.2 Å². The number of carbonyl (C=O) groups excluding carboxylic acids is 2. The minimum absolute atomic E-state index is 0.0593. The molecule has 0 atom stereocenters. The van der Waals surface area contributed by atoms with Crippen LogP contribution < -0.4 is 15.5 Å². The number of sulfonamides is 1. The van der Waals surface area contributed by atoms with Gasteiger partial charge in [-0.15, -0.1) is 0 Å². The van der Waals surface area contributed by atoms with Crippen molar-refractivity contribution in [2.75, 3.05) is 29.9 Å². The normalized spacial score (nSPS) is 15.7. The van der Waals surface area contributed by atoms with E-state index in [1.54, 1.807) is 16.8 Å². The van der Waals surface area contributed by atoms with Gasteiger partial charge in [-0.05, 0) is 24.3 Å². The molecule has 1 fully saturated rings. The first kappa shape index (κ1) is 17.6. The molecule has 3 amide bonds. The van der Waals surface area contributed by atoms with E-state index in [1.165, 1.54) is 31.2 Å². The van der Waals surface area contributed by atoms with Crippen LogP contribution in [0.3, 0.4) is 0 Å². The van der Waals surface area contributed by atoms with Crippen LogP contribution >= 0.6 is 11.8 Å². The summed E-state index contributed by atoms with van der Waals surface area (Å²) < 4.78 is 26.2. The molecule has 1 saturated heterocycles. The molecule has 0 saturated carbocycles. The Morgan fingerprint density at radius 3 is 2.30 bits per heavy atom. The second-order valence-corrected chi connectivity index (χ2v) is 7.76. The van der Waals surface area contributed by atoms with Crippen molar-refractivity contribution in [3.63, 3.8) is 0 Å². The van der Waals surface area contributed by atoms with Gasteiger partial charge in [-0.1, -0.05) is 0 Å². The lowest BCUT2D eigenvalue weighted by Gasteiger charge is -2.26. The van der Waals surface area contributed by atoms with E-state index in [0.717, 1.165) is 11.5 Å². The molecule has 0 aliphatic carbocycles. The smallest absolute Gasteiger partial charge is 0.326 e. The van der Waals surface area contributed by atoms with E-state index in [0.29, 0.717) is 18.8 Å². The Morgan fingerprint density at radius 2 is 1.74 bits per heavy atom. The molecule has 23 heavy (non-hydrogen) atoms. The van der Waals surface area contributed by atoms with Gasteiger partial charge in [0.1, 0.15) is 0 Å². The van der Waals surface area contributed by atoms with Crippen LogP contribution in [-0.2, 0) is 14.8 Å².